The first-order chi connectivity index (χ1) is 11.6. The van der Waals surface area contributed by atoms with E-state index in [1.807, 2.05) is 6.92 Å². The quantitative estimate of drug-likeness (QED) is 0.893. The Labute approximate surface area is 144 Å². The van der Waals surface area contributed by atoms with Crippen molar-refractivity contribution in [2.45, 2.75) is 64.5 Å². The smallest absolute Gasteiger partial charge is 0.225 e. The number of piperidine rings is 2. The molecule has 6 nitrogen and oxygen atoms in total. The topological polar surface area (TPSA) is 75.3 Å². The first-order valence-corrected chi connectivity index (χ1v) is 9.23. The number of aryl methyl sites for hydroxylation is 1. The summed E-state index contributed by atoms with van der Waals surface area (Å²) in [6.45, 7) is 5.94. The molecule has 0 aliphatic carbocycles. The zero-order chi connectivity index (χ0) is 16.9. The molecule has 2 aliphatic heterocycles. The van der Waals surface area contributed by atoms with E-state index < -0.39 is 0 Å². The van der Waals surface area contributed by atoms with E-state index in [4.69, 9.17) is 10.7 Å². The van der Waals surface area contributed by atoms with E-state index >= 15 is 0 Å². The molecule has 0 saturated carbocycles. The first kappa shape index (κ1) is 17.1. The van der Waals surface area contributed by atoms with Gasteiger partial charge in [0.2, 0.25) is 11.9 Å². The highest BCUT2D eigenvalue weighted by Gasteiger charge is 2.25. The van der Waals surface area contributed by atoms with Crippen LogP contribution in [0.4, 0.5) is 5.95 Å². The Kier molecular flexibility index (Phi) is 5.66. The Bertz CT molecular complexity index is 571. The van der Waals surface area contributed by atoms with Crippen LogP contribution in [0.2, 0.25) is 0 Å². The van der Waals surface area contributed by atoms with Gasteiger partial charge in [0, 0.05) is 37.8 Å². The Hall–Kier alpha value is -1.69. The maximum atomic E-state index is 11.3. The maximum Gasteiger partial charge on any atom is 0.225 e. The molecule has 3 heterocycles. The molecule has 1 amide bonds. The standard InChI is InChI=1S/C18H29N5O/c1-14-11-15(21-18(20-14)22-8-4-2-5-9-22)13-23-10-6-3-7-16(23)12-17(19)24/h11,16H,2-10,12-13H2,1H3,(H2,19,24)/t16-/m1/s1. The molecule has 6 heteroatoms. The average Bonchev–Trinajstić information content (AvgIpc) is 2.56. The highest BCUT2D eigenvalue weighted by atomic mass is 16.1. The van der Waals surface area contributed by atoms with Crippen molar-refractivity contribution in [1.82, 2.24) is 14.9 Å². The van der Waals surface area contributed by atoms with Crippen LogP contribution < -0.4 is 10.6 Å². The van der Waals surface area contributed by atoms with Crippen molar-refractivity contribution in [3.05, 3.63) is 17.5 Å². The number of hydrogen-bond donors (Lipinski definition) is 1. The maximum absolute atomic E-state index is 11.3. The van der Waals surface area contributed by atoms with E-state index in [0.29, 0.717) is 6.42 Å². The number of amides is 1. The van der Waals surface area contributed by atoms with E-state index in [-0.39, 0.29) is 11.9 Å². The minimum Gasteiger partial charge on any atom is -0.370 e. The van der Waals surface area contributed by atoms with E-state index in [9.17, 15) is 4.79 Å². The second-order valence-corrected chi connectivity index (χ2v) is 7.14. The third-order valence-electron chi connectivity index (χ3n) is 5.09. The van der Waals surface area contributed by atoms with E-state index in [1.54, 1.807) is 0 Å². The minimum absolute atomic E-state index is 0.209. The second kappa shape index (κ2) is 7.92. The molecular formula is C18H29N5O. The van der Waals surface area contributed by atoms with Crippen LogP contribution in [0.15, 0.2) is 6.07 Å². The molecule has 24 heavy (non-hydrogen) atoms. The van der Waals surface area contributed by atoms with Crippen molar-refractivity contribution >= 4 is 11.9 Å². The van der Waals surface area contributed by atoms with Gasteiger partial charge in [-0.2, -0.15) is 0 Å². The molecule has 2 aliphatic rings. The first-order valence-electron chi connectivity index (χ1n) is 9.23. The summed E-state index contributed by atoms with van der Waals surface area (Å²) in [7, 11) is 0. The summed E-state index contributed by atoms with van der Waals surface area (Å²) in [4.78, 5) is 25.5. The largest absolute Gasteiger partial charge is 0.370 e. The number of carbonyl (C=O) groups is 1. The third kappa shape index (κ3) is 4.44. The molecule has 0 spiro atoms. The van der Waals surface area contributed by atoms with E-state index in [2.05, 4.69) is 20.9 Å². The van der Waals surface area contributed by atoms with Gasteiger partial charge in [-0.15, -0.1) is 0 Å². The van der Waals surface area contributed by atoms with Crippen LogP contribution in [0.5, 0.6) is 0 Å². The Morgan fingerprint density at radius 2 is 1.92 bits per heavy atom. The second-order valence-electron chi connectivity index (χ2n) is 7.14. The Morgan fingerprint density at radius 3 is 2.67 bits per heavy atom. The number of aromatic nitrogens is 2. The fourth-order valence-electron chi connectivity index (χ4n) is 3.87. The van der Waals surface area contributed by atoms with Crippen LogP contribution in [-0.4, -0.2) is 46.5 Å². The lowest BCUT2D eigenvalue weighted by atomic mass is 9.99. The average molecular weight is 331 g/mol. The fourth-order valence-corrected chi connectivity index (χ4v) is 3.87. The highest BCUT2D eigenvalue weighted by molar-refractivity contribution is 5.74. The molecule has 132 valence electrons. The Morgan fingerprint density at radius 1 is 1.17 bits per heavy atom. The van der Waals surface area contributed by atoms with Crippen LogP contribution in [-0.2, 0) is 11.3 Å². The zero-order valence-corrected chi connectivity index (χ0v) is 14.7. The molecule has 1 atom stereocenters. The molecule has 2 saturated heterocycles. The summed E-state index contributed by atoms with van der Waals surface area (Å²) in [5.74, 6) is 0.660. The number of rotatable bonds is 5. The van der Waals surface area contributed by atoms with Gasteiger partial charge >= 0.3 is 0 Å². The number of nitrogens with zero attached hydrogens (tertiary/aromatic N) is 4. The summed E-state index contributed by atoms with van der Waals surface area (Å²) < 4.78 is 0. The molecule has 2 N–H and O–H groups in total. The molecular weight excluding hydrogens is 302 g/mol. The van der Waals surface area contributed by atoms with Gasteiger partial charge in [0.15, 0.2) is 0 Å². The van der Waals surface area contributed by atoms with Gasteiger partial charge < -0.3 is 10.6 Å². The molecule has 0 bridgehead atoms. The molecule has 0 aromatic carbocycles. The van der Waals surface area contributed by atoms with Crippen molar-refractivity contribution in [2.24, 2.45) is 5.73 Å². The molecule has 3 rings (SSSR count). The molecule has 0 unspecified atom stereocenters. The lowest BCUT2D eigenvalue weighted by Crippen LogP contribution is -2.41. The fraction of sp³-hybridized carbons (Fsp3) is 0.722. The van der Waals surface area contributed by atoms with Gasteiger partial charge in [0.1, 0.15) is 0 Å². The molecule has 2 fully saturated rings. The van der Waals surface area contributed by atoms with Gasteiger partial charge in [0.25, 0.3) is 0 Å². The van der Waals surface area contributed by atoms with Crippen LogP contribution in [0.1, 0.15) is 56.3 Å². The Balaban J connectivity index is 1.73. The predicted octanol–water partition coefficient (Wildman–Crippen LogP) is 2.01. The van der Waals surface area contributed by atoms with Gasteiger partial charge in [-0.25, -0.2) is 9.97 Å². The highest BCUT2D eigenvalue weighted by Crippen LogP contribution is 2.23. The zero-order valence-electron chi connectivity index (χ0n) is 14.7. The number of primary amides is 1. The van der Waals surface area contributed by atoms with Crippen LogP contribution >= 0.6 is 0 Å². The number of anilines is 1. The summed E-state index contributed by atoms with van der Waals surface area (Å²) in [6.07, 6.45) is 7.60. The van der Waals surface area contributed by atoms with E-state index in [1.165, 1.54) is 32.1 Å². The minimum atomic E-state index is -0.209. The lowest BCUT2D eigenvalue weighted by Gasteiger charge is -2.35. The lowest BCUT2D eigenvalue weighted by molar-refractivity contribution is -0.119. The number of likely N-dealkylation sites (tertiary alicyclic amines) is 1. The van der Waals surface area contributed by atoms with Crippen molar-refractivity contribution in [3.63, 3.8) is 0 Å². The monoisotopic (exact) mass is 331 g/mol. The summed E-state index contributed by atoms with van der Waals surface area (Å²) in [5.41, 5.74) is 7.50. The summed E-state index contributed by atoms with van der Waals surface area (Å²) in [6, 6.07) is 2.33. The molecule has 1 aromatic heterocycles. The van der Waals surface area contributed by atoms with Crippen LogP contribution in [0, 0.1) is 6.92 Å². The third-order valence-corrected chi connectivity index (χ3v) is 5.09. The molecule has 0 radical (unpaired) electrons. The summed E-state index contributed by atoms with van der Waals surface area (Å²) >= 11 is 0. The number of hydrogen-bond acceptors (Lipinski definition) is 5. The van der Waals surface area contributed by atoms with Gasteiger partial charge in [-0.05, 0) is 51.6 Å². The van der Waals surface area contributed by atoms with E-state index in [0.717, 1.165) is 49.9 Å². The normalized spacial score (nSPS) is 22.5. The number of carbonyl (C=O) groups excluding carboxylic acids is 1. The number of nitrogens with two attached hydrogens (primary N) is 1. The summed E-state index contributed by atoms with van der Waals surface area (Å²) in [5, 5.41) is 0. The van der Waals surface area contributed by atoms with Crippen LogP contribution in [0.3, 0.4) is 0 Å². The van der Waals surface area contributed by atoms with Crippen molar-refractivity contribution in [2.75, 3.05) is 24.5 Å². The van der Waals surface area contributed by atoms with Crippen molar-refractivity contribution in [3.8, 4) is 0 Å². The van der Waals surface area contributed by atoms with Crippen molar-refractivity contribution in [1.29, 1.82) is 0 Å². The van der Waals surface area contributed by atoms with Gasteiger partial charge in [-0.1, -0.05) is 6.42 Å². The van der Waals surface area contributed by atoms with Crippen molar-refractivity contribution < 1.29 is 4.79 Å². The van der Waals surface area contributed by atoms with Gasteiger partial charge in [0.05, 0.1) is 5.69 Å². The SMILES string of the molecule is Cc1cc(CN2CCCC[C@@H]2CC(N)=O)nc(N2CCCCC2)n1. The predicted molar refractivity (Wildman–Crippen MR) is 94.7 cm³/mol. The van der Waals surface area contributed by atoms with Crippen LogP contribution in [0.25, 0.3) is 0 Å². The van der Waals surface area contributed by atoms with Gasteiger partial charge in [-0.3, -0.25) is 9.69 Å². The molecule has 1 aromatic rings.